The molecule has 2 aromatic rings. The second-order valence-corrected chi connectivity index (χ2v) is 9.46. The maximum Gasteiger partial charge on any atom is 0.240 e. The molecule has 1 saturated heterocycles. The Bertz CT molecular complexity index is 916. The molecule has 1 aliphatic heterocycles. The molecule has 0 spiro atoms. The number of nitrogens with zero attached hydrogens (tertiary/aromatic N) is 1. The number of hydrogen-bond donors (Lipinski definition) is 3. The summed E-state index contributed by atoms with van der Waals surface area (Å²) in [5, 5.41) is 8.81. The zero-order valence-electron chi connectivity index (χ0n) is 16.9. The monoisotopic (exact) mass is 414 g/mol. The smallest absolute Gasteiger partial charge is 0.240 e. The van der Waals surface area contributed by atoms with Crippen molar-refractivity contribution in [3.63, 3.8) is 0 Å². The highest BCUT2D eigenvalue weighted by atomic mass is 32.2. The maximum absolute atomic E-state index is 12.8. The third kappa shape index (κ3) is 5.87. The topological polar surface area (TPSA) is 78.8 Å². The van der Waals surface area contributed by atoms with Gasteiger partial charge in [-0.05, 0) is 19.1 Å². The van der Waals surface area contributed by atoms with Crippen LogP contribution in [0, 0.1) is 18.3 Å². The number of sulfonamides is 1. The molecule has 0 amide bonds. The van der Waals surface area contributed by atoms with E-state index in [0.29, 0.717) is 17.9 Å². The molecule has 0 radical (unpaired) electrons. The summed E-state index contributed by atoms with van der Waals surface area (Å²) in [4.78, 5) is 3.15. The quantitative estimate of drug-likeness (QED) is 0.556. The van der Waals surface area contributed by atoms with Gasteiger partial charge in [-0.25, -0.2) is 13.1 Å². The van der Waals surface area contributed by atoms with Crippen molar-refractivity contribution in [2.45, 2.75) is 24.3 Å². The summed E-state index contributed by atoms with van der Waals surface area (Å²) in [5.41, 5.74) is 2.18. The van der Waals surface area contributed by atoms with Crippen LogP contribution in [-0.4, -0.2) is 47.7 Å². The number of rotatable bonds is 8. The largest absolute Gasteiger partial charge is 0.325 e. The molecule has 2 aromatic carbocycles. The number of nitrogens with one attached hydrogen (secondary N) is 3. The van der Waals surface area contributed by atoms with Crippen molar-refractivity contribution >= 4 is 10.0 Å². The van der Waals surface area contributed by atoms with Gasteiger partial charge in [0.1, 0.15) is 32.2 Å². The molecular formula is C22H30N4O2S+2. The fourth-order valence-electron chi connectivity index (χ4n) is 3.93. The van der Waals surface area contributed by atoms with Gasteiger partial charge in [0.25, 0.3) is 0 Å². The van der Waals surface area contributed by atoms with E-state index in [1.54, 1.807) is 12.1 Å². The highest BCUT2D eigenvalue weighted by Gasteiger charge is 2.31. The van der Waals surface area contributed by atoms with Crippen molar-refractivity contribution < 1.29 is 18.2 Å². The van der Waals surface area contributed by atoms with Gasteiger partial charge in [-0.2, -0.15) is 5.26 Å². The van der Waals surface area contributed by atoms with Crippen molar-refractivity contribution in [1.29, 1.82) is 5.26 Å². The Labute approximate surface area is 173 Å². The second-order valence-electron chi connectivity index (χ2n) is 7.69. The third-order valence-electron chi connectivity index (χ3n) is 5.69. The van der Waals surface area contributed by atoms with E-state index in [1.165, 1.54) is 9.80 Å². The second kappa shape index (κ2) is 9.99. The van der Waals surface area contributed by atoms with Gasteiger partial charge in [0.15, 0.2) is 0 Å². The Morgan fingerprint density at radius 1 is 1.03 bits per heavy atom. The van der Waals surface area contributed by atoms with Crippen LogP contribution < -0.4 is 14.5 Å². The predicted octanol–water partition coefficient (Wildman–Crippen LogP) is -0.288. The lowest BCUT2D eigenvalue weighted by Crippen LogP contribution is -3.28. The van der Waals surface area contributed by atoms with Gasteiger partial charge in [-0.3, -0.25) is 0 Å². The molecule has 0 aromatic heterocycles. The first-order valence-electron chi connectivity index (χ1n) is 10.2. The van der Waals surface area contributed by atoms with Gasteiger partial charge >= 0.3 is 0 Å². The lowest BCUT2D eigenvalue weighted by Gasteiger charge is -2.34. The lowest BCUT2D eigenvalue weighted by atomic mass is 10.0. The molecule has 0 unspecified atom stereocenters. The van der Waals surface area contributed by atoms with Crippen LogP contribution >= 0.6 is 0 Å². The molecule has 1 heterocycles. The van der Waals surface area contributed by atoms with Gasteiger partial charge in [-0.1, -0.05) is 48.0 Å². The van der Waals surface area contributed by atoms with E-state index in [0.717, 1.165) is 43.9 Å². The van der Waals surface area contributed by atoms with Crippen molar-refractivity contribution in [1.82, 2.24) is 4.72 Å². The van der Waals surface area contributed by atoms with Gasteiger partial charge < -0.3 is 9.80 Å². The predicted molar refractivity (Wildman–Crippen MR) is 112 cm³/mol. The summed E-state index contributed by atoms with van der Waals surface area (Å²) in [6.07, 6.45) is 0.586. The van der Waals surface area contributed by atoms with Crippen LogP contribution in [0.3, 0.4) is 0 Å². The molecule has 29 heavy (non-hydrogen) atoms. The zero-order chi connectivity index (χ0) is 20.7. The minimum atomic E-state index is -3.55. The molecule has 0 bridgehead atoms. The average molecular weight is 415 g/mol. The number of aryl methyl sites for hydroxylation is 1. The highest BCUT2D eigenvalue weighted by Crippen LogP contribution is 2.13. The molecule has 1 aliphatic rings. The van der Waals surface area contributed by atoms with Crippen LogP contribution in [-0.2, 0) is 10.0 Å². The van der Waals surface area contributed by atoms with E-state index in [-0.39, 0.29) is 6.04 Å². The van der Waals surface area contributed by atoms with Crippen molar-refractivity contribution in [3.05, 3.63) is 65.7 Å². The minimum absolute atomic E-state index is 0.0638. The minimum Gasteiger partial charge on any atom is -0.325 e. The molecule has 1 fully saturated rings. The zero-order valence-corrected chi connectivity index (χ0v) is 17.7. The number of nitriles is 1. The Hall–Kier alpha value is -2.24. The normalized spacial score (nSPS) is 20.7. The van der Waals surface area contributed by atoms with Gasteiger partial charge in [-0.15, -0.1) is 0 Å². The molecule has 3 N–H and O–H groups in total. The van der Waals surface area contributed by atoms with E-state index >= 15 is 0 Å². The number of benzene rings is 2. The molecule has 0 aliphatic carbocycles. The van der Waals surface area contributed by atoms with E-state index in [1.807, 2.05) is 37.3 Å². The Morgan fingerprint density at radius 3 is 2.31 bits per heavy atom. The average Bonchev–Trinajstić information content (AvgIpc) is 2.74. The molecule has 0 saturated carbocycles. The molecule has 7 heteroatoms. The van der Waals surface area contributed by atoms with Crippen LogP contribution in [0.15, 0.2) is 59.5 Å². The summed E-state index contributed by atoms with van der Waals surface area (Å²) < 4.78 is 28.4. The highest BCUT2D eigenvalue weighted by molar-refractivity contribution is 7.89. The van der Waals surface area contributed by atoms with Crippen molar-refractivity contribution in [3.8, 4) is 6.07 Å². The van der Waals surface area contributed by atoms with Crippen LogP contribution in [0.5, 0.6) is 0 Å². The standard InChI is InChI=1S/C22H28N4O2S/c1-19-8-10-21(11-9-19)29(27,28)24-18-22(20-6-3-2-4-7-20)26-16-14-25(15-17-26)13-5-12-23/h2-4,6-11,22,24H,5,13-18H2,1H3/p+2/t22-/m1/s1. The van der Waals surface area contributed by atoms with E-state index in [4.69, 9.17) is 5.26 Å². The fraction of sp³-hybridized carbons (Fsp3) is 0.409. The summed E-state index contributed by atoms with van der Waals surface area (Å²) >= 11 is 0. The number of hydrogen-bond acceptors (Lipinski definition) is 3. The Kier molecular flexibility index (Phi) is 7.40. The molecule has 1 atom stereocenters. The first-order chi connectivity index (χ1) is 14.0. The number of piperazine rings is 1. The first-order valence-corrected chi connectivity index (χ1v) is 11.6. The SMILES string of the molecule is Cc1ccc(S(=O)(=O)NC[C@H](c2ccccc2)[NH+]2CC[NH+](CCC#N)CC2)cc1. The Morgan fingerprint density at radius 2 is 1.69 bits per heavy atom. The van der Waals surface area contributed by atoms with Gasteiger partial charge in [0.2, 0.25) is 10.0 Å². The van der Waals surface area contributed by atoms with E-state index < -0.39 is 10.0 Å². The van der Waals surface area contributed by atoms with Gasteiger partial charge in [0, 0.05) is 5.56 Å². The summed E-state index contributed by atoms with van der Waals surface area (Å²) in [6, 6.07) is 19.4. The summed E-state index contributed by atoms with van der Waals surface area (Å²) in [5.74, 6) is 0. The van der Waals surface area contributed by atoms with Crippen molar-refractivity contribution in [2.75, 3.05) is 39.3 Å². The number of quaternary nitrogens is 2. The van der Waals surface area contributed by atoms with Crippen molar-refractivity contribution in [2.24, 2.45) is 0 Å². The third-order valence-corrected chi connectivity index (χ3v) is 7.13. The van der Waals surface area contributed by atoms with E-state index in [9.17, 15) is 8.42 Å². The lowest BCUT2D eigenvalue weighted by molar-refractivity contribution is -1.03. The van der Waals surface area contributed by atoms with Gasteiger partial charge in [0.05, 0.1) is 30.5 Å². The van der Waals surface area contributed by atoms with Crippen LogP contribution in [0.4, 0.5) is 0 Å². The molecule has 6 nitrogen and oxygen atoms in total. The molecule has 154 valence electrons. The maximum atomic E-state index is 12.8. The Balaban J connectivity index is 1.70. The fourth-order valence-corrected chi connectivity index (χ4v) is 4.98. The van der Waals surface area contributed by atoms with Crippen LogP contribution in [0.1, 0.15) is 23.6 Å². The van der Waals surface area contributed by atoms with Crippen LogP contribution in [0.25, 0.3) is 0 Å². The first kappa shape index (κ1) is 21.5. The molecule has 3 rings (SSSR count). The summed E-state index contributed by atoms with van der Waals surface area (Å²) in [7, 11) is -3.55. The van der Waals surface area contributed by atoms with Crippen LogP contribution in [0.2, 0.25) is 0 Å². The molecular weight excluding hydrogens is 384 g/mol. The van der Waals surface area contributed by atoms with E-state index in [2.05, 4.69) is 22.9 Å². The summed E-state index contributed by atoms with van der Waals surface area (Å²) in [6.45, 7) is 7.13.